The molecular weight excluding hydrogens is 620 g/mol. The number of rotatable bonds is 8. The van der Waals surface area contributed by atoms with Crippen LogP contribution in [0.1, 0.15) is 134 Å². The van der Waals surface area contributed by atoms with Gasteiger partial charge < -0.3 is 35.9 Å². The smallest absolute Gasteiger partial charge is 0.323 e. The average Bonchev–Trinajstić information content (AvgIpc) is 3.35. The first-order valence-corrected chi connectivity index (χ1v) is 19.4. The van der Waals surface area contributed by atoms with Gasteiger partial charge in [0, 0.05) is 17.3 Å². The van der Waals surface area contributed by atoms with Gasteiger partial charge in [-0.1, -0.05) is 55.4 Å². The molecule has 1 aliphatic heterocycles. The molecule has 9 nitrogen and oxygen atoms in total. The van der Waals surface area contributed by atoms with E-state index in [0.717, 1.165) is 44.9 Å². The van der Waals surface area contributed by atoms with Crippen molar-refractivity contribution in [1.29, 1.82) is 0 Å². The number of ether oxygens (including phenoxy) is 3. The number of hydrogen-bond acceptors (Lipinski definition) is 9. The maximum absolute atomic E-state index is 13.7. The highest BCUT2D eigenvalue weighted by Crippen LogP contribution is 2.89. The van der Waals surface area contributed by atoms with Gasteiger partial charge in [0.1, 0.15) is 24.3 Å². The van der Waals surface area contributed by atoms with E-state index in [1.54, 1.807) is 0 Å². The Labute approximate surface area is 295 Å². The molecule has 5 aliphatic carbocycles. The number of hydrogen-bond donors (Lipinski definition) is 4. The van der Waals surface area contributed by atoms with Crippen molar-refractivity contribution < 1.29 is 34.0 Å². The molecule has 9 heteroatoms. The zero-order valence-electron chi connectivity index (χ0n) is 32.3. The normalized spacial score (nSPS) is 48.2. The average molecular weight is 689 g/mol. The number of nitrogens with two attached hydrogens (primary N) is 2. The number of esters is 2. The van der Waals surface area contributed by atoms with Crippen molar-refractivity contribution in [2.45, 2.75) is 182 Å². The van der Waals surface area contributed by atoms with Crippen molar-refractivity contribution in [3.8, 4) is 0 Å². The van der Waals surface area contributed by atoms with Crippen LogP contribution >= 0.6 is 0 Å². The molecule has 6 aliphatic rings. The van der Waals surface area contributed by atoms with Crippen LogP contribution in [0.3, 0.4) is 0 Å². The third-order valence-corrected chi connectivity index (χ3v) is 16.2. The second-order valence-electron chi connectivity index (χ2n) is 20.3. The van der Waals surface area contributed by atoms with Crippen molar-refractivity contribution in [1.82, 2.24) is 0 Å². The molecule has 6 rings (SSSR count). The number of aliphatic hydroxyl groups excluding tert-OH is 1. The first-order valence-electron chi connectivity index (χ1n) is 19.4. The number of carbonyl (C=O) groups is 2. The molecule has 4 unspecified atom stereocenters. The minimum atomic E-state index is -0.950. The third-order valence-electron chi connectivity index (χ3n) is 16.2. The summed E-state index contributed by atoms with van der Waals surface area (Å²) in [6, 6.07) is -1.41. The zero-order chi connectivity index (χ0) is 36.5. The molecule has 0 aromatic rings. The van der Waals surface area contributed by atoms with E-state index in [1.165, 1.54) is 0 Å². The molecule has 6 N–H and O–H groups in total. The van der Waals surface area contributed by atoms with E-state index < -0.39 is 34.8 Å². The van der Waals surface area contributed by atoms with Crippen LogP contribution in [0.4, 0.5) is 0 Å². The first-order chi connectivity index (χ1) is 22.4. The Morgan fingerprint density at radius 1 is 0.816 bits per heavy atom. The number of carbonyl (C=O) groups excluding carboxylic acids is 2. The summed E-state index contributed by atoms with van der Waals surface area (Å²) in [5.74, 6) is -0.648. The lowest BCUT2D eigenvalue weighted by molar-refractivity contribution is -0.226. The van der Waals surface area contributed by atoms with Crippen molar-refractivity contribution in [2.75, 3.05) is 0 Å². The largest absolute Gasteiger partial charge is 0.461 e. The summed E-state index contributed by atoms with van der Waals surface area (Å²) < 4.78 is 19.6. The molecule has 1 heterocycles. The van der Waals surface area contributed by atoms with Gasteiger partial charge >= 0.3 is 11.9 Å². The fourth-order valence-electron chi connectivity index (χ4n) is 13.4. The van der Waals surface area contributed by atoms with Gasteiger partial charge in [-0.3, -0.25) is 9.59 Å². The zero-order valence-corrected chi connectivity index (χ0v) is 32.3. The van der Waals surface area contributed by atoms with Crippen LogP contribution in [0.5, 0.6) is 0 Å². The fraction of sp³-hybridized carbons (Fsp3) is 0.950. The SMILES string of the molecule is CC(C)C(N)C(=O)O[C@H]1CC2[C@]3(CC[C@]4(C)[C@@H]([C@@]5(C)CC[C@@H](C(C)(C)O)O5)[C@@H](O)C[C@@]24C)CC32CC[C@H](OC(=O)C(N)C(C)C)C(C)(C)[C@H]12. The Bertz CT molecular complexity index is 1330. The molecule has 0 aromatic heterocycles. The summed E-state index contributed by atoms with van der Waals surface area (Å²) in [5.41, 5.74) is 10.3. The lowest BCUT2D eigenvalue weighted by Crippen LogP contribution is -2.63. The van der Waals surface area contributed by atoms with Crippen LogP contribution in [0.2, 0.25) is 0 Å². The minimum Gasteiger partial charge on any atom is -0.461 e. The topological polar surface area (TPSA) is 154 Å². The van der Waals surface area contributed by atoms with Gasteiger partial charge in [0.05, 0.1) is 23.4 Å². The van der Waals surface area contributed by atoms with Crippen LogP contribution in [0.25, 0.3) is 0 Å². The molecule has 280 valence electrons. The maximum Gasteiger partial charge on any atom is 0.323 e. The summed E-state index contributed by atoms with van der Waals surface area (Å²) in [5, 5.41) is 23.0. The van der Waals surface area contributed by atoms with Gasteiger partial charge in [-0.15, -0.1) is 0 Å². The van der Waals surface area contributed by atoms with E-state index >= 15 is 0 Å². The second kappa shape index (κ2) is 11.6. The standard InChI is InChI=1S/C40H68N2O7/c1-21(2)28(41)32(44)47-24-18-25-37(10)19-23(43)30(38(11)14-12-27(49-38)35(7,8)46)36(37,9)16-17-39(25)20-40(39)15-13-26(34(5,6)31(24)40)48-33(45)29(42)22(3)4/h21-31,43,46H,12-20,41-42H2,1-11H3/t23-,24-,25?,26-,27-,28?,29?,30-,31-,36+,37-,38+,39-,40?/m0/s1. The van der Waals surface area contributed by atoms with E-state index in [1.807, 2.05) is 41.5 Å². The number of aliphatic hydroxyl groups is 2. The summed E-state index contributed by atoms with van der Waals surface area (Å²) in [4.78, 5) is 26.9. The van der Waals surface area contributed by atoms with Crippen molar-refractivity contribution in [3.05, 3.63) is 0 Å². The summed E-state index contributed by atoms with van der Waals surface area (Å²) >= 11 is 0. The van der Waals surface area contributed by atoms with E-state index in [2.05, 4.69) is 34.6 Å². The van der Waals surface area contributed by atoms with Crippen molar-refractivity contribution in [2.24, 2.45) is 68.1 Å². The van der Waals surface area contributed by atoms with Gasteiger partial charge in [-0.25, -0.2) is 0 Å². The predicted molar refractivity (Wildman–Crippen MR) is 188 cm³/mol. The highest BCUT2D eigenvalue weighted by Gasteiger charge is 2.85. The van der Waals surface area contributed by atoms with E-state index in [0.29, 0.717) is 12.8 Å². The summed E-state index contributed by atoms with van der Waals surface area (Å²) in [7, 11) is 0. The Hall–Kier alpha value is -1.26. The molecule has 49 heavy (non-hydrogen) atoms. The van der Waals surface area contributed by atoms with Crippen LogP contribution in [0, 0.1) is 56.7 Å². The maximum atomic E-state index is 13.7. The van der Waals surface area contributed by atoms with Crippen LogP contribution in [0.15, 0.2) is 0 Å². The third kappa shape index (κ3) is 5.23. The lowest BCUT2D eigenvalue weighted by atomic mass is 9.41. The van der Waals surface area contributed by atoms with E-state index in [4.69, 9.17) is 25.7 Å². The van der Waals surface area contributed by atoms with Crippen molar-refractivity contribution >= 4 is 11.9 Å². The van der Waals surface area contributed by atoms with Gasteiger partial charge in [-0.05, 0) is 118 Å². The van der Waals surface area contributed by atoms with E-state index in [-0.39, 0.29) is 81.5 Å². The lowest BCUT2D eigenvalue weighted by Gasteiger charge is -2.64. The molecule has 0 amide bonds. The van der Waals surface area contributed by atoms with E-state index in [9.17, 15) is 19.8 Å². The quantitative estimate of drug-likeness (QED) is 0.242. The van der Waals surface area contributed by atoms with Crippen molar-refractivity contribution in [3.63, 3.8) is 0 Å². The second-order valence-corrected chi connectivity index (χ2v) is 20.3. The monoisotopic (exact) mass is 689 g/mol. The summed E-state index contributed by atoms with van der Waals surface area (Å²) in [6.07, 6.45) is 6.20. The molecule has 5 saturated carbocycles. The molecule has 0 bridgehead atoms. The Balaban J connectivity index is 1.37. The van der Waals surface area contributed by atoms with Gasteiger partial charge in [0.2, 0.25) is 0 Å². The molecule has 0 aromatic carbocycles. The highest BCUT2D eigenvalue weighted by molar-refractivity contribution is 5.76. The molecule has 0 radical (unpaired) electrons. The van der Waals surface area contributed by atoms with Gasteiger partial charge in [0.15, 0.2) is 0 Å². The minimum absolute atomic E-state index is 0.000284. The predicted octanol–water partition coefficient (Wildman–Crippen LogP) is 5.51. The van der Waals surface area contributed by atoms with Crippen LogP contribution in [-0.2, 0) is 23.8 Å². The Kier molecular flexibility index (Phi) is 8.89. The highest BCUT2D eigenvalue weighted by atomic mass is 16.6. The van der Waals surface area contributed by atoms with Gasteiger partial charge in [-0.2, -0.15) is 0 Å². The molecule has 1 saturated heterocycles. The molecular formula is C40H68N2O7. The Morgan fingerprint density at radius 3 is 1.96 bits per heavy atom. The van der Waals surface area contributed by atoms with Gasteiger partial charge in [0.25, 0.3) is 0 Å². The molecule has 14 atom stereocenters. The molecule has 6 fully saturated rings. The fourth-order valence-corrected chi connectivity index (χ4v) is 13.4. The molecule has 2 spiro atoms. The van der Waals surface area contributed by atoms with Crippen LogP contribution < -0.4 is 11.5 Å². The first kappa shape index (κ1) is 37.5. The van der Waals surface area contributed by atoms with Crippen LogP contribution in [-0.4, -0.2) is 69.9 Å². The Morgan fingerprint density at radius 2 is 1.41 bits per heavy atom. The number of fused-ring (bicyclic) bond motifs is 2. The summed E-state index contributed by atoms with van der Waals surface area (Å²) in [6.45, 7) is 22.8.